The first-order valence-corrected chi connectivity index (χ1v) is 9.34. The summed E-state index contributed by atoms with van der Waals surface area (Å²) in [5.41, 5.74) is 5.86. The third kappa shape index (κ3) is 1.76. The van der Waals surface area contributed by atoms with E-state index in [2.05, 4.69) is 0 Å². The predicted octanol–water partition coefficient (Wildman–Crippen LogP) is 3.21. The van der Waals surface area contributed by atoms with Gasteiger partial charge in [-0.2, -0.15) is 0 Å². The largest absolute Gasteiger partial charge is 0.399 e. The van der Waals surface area contributed by atoms with Crippen molar-refractivity contribution in [1.29, 1.82) is 0 Å². The summed E-state index contributed by atoms with van der Waals surface area (Å²) in [5.74, 6) is -0.469. The highest BCUT2D eigenvalue weighted by Gasteiger charge is 2.67. The average molecular weight is 338 g/mol. The molecule has 0 aromatic heterocycles. The molecule has 0 spiro atoms. The molecular weight excluding hydrogens is 315 g/mol. The lowest BCUT2D eigenvalue weighted by Crippen LogP contribution is -2.67. The molecule has 0 aliphatic carbocycles. The molecule has 1 aromatic carbocycles. The average Bonchev–Trinajstić information content (AvgIpc) is 2.46. The molecule has 2 N–H and O–H groups in total. The van der Waals surface area contributed by atoms with Crippen LogP contribution in [-0.4, -0.2) is 23.6 Å². The minimum Gasteiger partial charge on any atom is -0.399 e. The van der Waals surface area contributed by atoms with Gasteiger partial charge in [0, 0.05) is 17.0 Å². The van der Waals surface area contributed by atoms with Crippen molar-refractivity contribution in [2.24, 2.45) is 4.99 Å². The van der Waals surface area contributed by atoms with Crippen LogP contribution in [0.4, 0.5) is 10.1 Å². The van der Waals surface area contributed by atoms with E-state index in [1.54, 1.807) is 27.7 Å². The minimum atomic E-state index is -3.54. The lowest BCUT2D eigenvalue weighted by atomic mass is 9.74. The second-order valence-corrected chi connectivity index (χ2v) is 10.1. The quantitative estimate of drug-likeness (QED) is 0.799. The Kier molecular flexibility index (Phi) is 3.26. The third-order valence-electron chi connectivity index (χ3n) is 6.20. The van der Waals surface area contributed by atoms with E-state index in [-0.39, 0.29) is 5.56 Å². The number of anilines is 1. The molecule has 0 saturated carbocycles. The van der Waals surface area contributed by atoms with Crippen molar-refractivity contribution in [3.8, 4) is 0 Å². The highest BCUT2D eigenvalue weighted by molar-refractivity contribution is 7.95. The molecule has 6 heteroatoms. The van der Waals surface area contributed by atoms with Gasteiger partial charge in [-0.05, 0) is 65.2 Å². The zero-order chi connectivity index (χ0) is 17.3. The number of hydrogen-bond acceptors (Lipinski definition) is 4. The molecule has 2 heterocycles. The maximum absolute atomic E-state index is 14.5. The molecular formula is C17H23FN2O2S. The number of halogens is 1. The van der Waals surface area contributed by atoms with Crippen LogP contribution in [0, 0.1) is 5.82 Å². The van der Waals surface area contributed by atoms with Gasteiger partial charge in [-0.1, -0.05) is 0 Å². The molecule has 1 aromatic rings. The Morgan fingerprint density at radius 1 is 1.22 bits per heavy atom. The van der Waals surface area contributed by atoms with E-state index in [9.17, 15) is 12.8 Å². The molecule has 1 saturated heterocycles. The van der Waals surface area contributed by atoms with Gasteiger partial charge in [0.1, 0.15) is 16.1 Å². The Morgan fingerprint density at radius 3 is 2.52 bits per heavy atom. The Balaban J connectivity index is 2.40. The normalized spacial score (nSPS) is 38.9. The van der Waals surface area contributed by atoms with E-state index < -0.39 is 30.7 Å². The van der Waals surface area contributed by atoms with Crippen molar-refractivity contribution in [1.82, 2.24) is 0 Å². The summed E-state index contributed by atoms with van der Waals surface area (Å²) >= 11 is 0. The number of sulfone groups is 1. The Hall–Kier alpha value is -1.43. The molecule has 1 fully saturated rings. The van der Waals surface area contributed by atoms with Crippen molar-refractivity contribution in [2.75, 3.05) is 5.73 Å². The number of benzene rings is 1. The zero-order valence-electron chi connectivity index (χ0n) is 14.0. The molecule has 2 aliphatic heterocycles. The molecule has 126 valence electrons. The fraction of sp³-hybridized carbons (Fsp3) is 0.588. The maximum atomic E-state index is 14.5. The molecule has 0 unspecified atom stereocenters. The number of rotatable bonds is 1. The summed E-state index contributed by atoms with van der Waals surface area (Å²) in [6.45, 7) is 6.91. The van der Waals surface area contributed by atoms with Crippen molar-refractivity contribution in [2.45, 2.75) is 62.0 Å². The number of fused-ring (bicyclic) bond motifs is 2. The van der Waals surface area contributed by atoms with E-state index in [4.69, 9.17) is 10.7 Å². The Morgan fingerprint density at radius 2 is 1.87 bits per heavy atom. The van der Waals surface area contributed by atoms with Gasteiger partial charge in [0.2, 0.25) is 0 Å². The first-order valence-electron chi connectivity index (χ1n) is 7.86. The van der Waals surface area contributed by atoms with Crippen LogP contribution in [0.5, 0.6) is 0 Å². The van der Waals surface area contributed by atoms with Gasteiger partial charge in [-0.15, -0.1) is 0 Å². The summed E-state index contributed by atoms with van der Waals surface area (Å²) in [6, 6.07) is 4.28. The van der Waals surface area contributed by atoms with Crippen LogP contribution >= 0.6 is 0 Å². The second kappa shape index (κ2) is 4.56. The summed E-state index contributed by atoms with van der Waals surface area (Å²) in [6.07, 6.45) is 1.81. The number of nitrogens with two attached hydrogens (primary N) is 1. The third-order valence-corrected chi connectivity index (χ3v) is 9.67. The molecule has 2 aliphatic rings. The van der Waals surface area contributed by atoms with Crippen LogP contribution in [0.3, 0.4) is 0 Å². The van der Waals surface area contributed by atoms with Gasteiger partial charge >= 0.3 is 0 Å². The van der Waals surface area contributed by atoms with Crippen LogP contribution in [0.1, 0.15) is 52.5 Å². The number of nitrogen functional groups attached to an aromatic ring is 1. The Bertz CT molecular complexity index is 820. The molecule has 0 amide bonds. The van der Waals surface area contributed by atoms with E-state index in [1.807, 2.05) is 0 Å². The first-order chi connectivity index (χ1) is 10.5. The number of aliphatic imine (C=N–C) groups is 1. The van der Waals surface area contributed by atoms with E-state index in [1.165, 1.54) is 18.2 Å². The van der Waals surface area contributed by atoms with Gasteiger partial charge < -0.3 is 5.73 Å². The highest BCUT2D eigenvalue weighted by atomic mass is 32.2. The highest BCUT2D eigenvalue weighted by Crippen LogP contribution is 2.56. The van der Waals surface area contributed by atoms with Gasteiger partial charge in [0.05, 0.1) is 4.75 Å². The minimum absolute atomic E-state index is 0.256. The van der Waals surface area contributed by atoms with Crippen molar-refractivity contribution >= 4 is 21.2 Å². The van der Waals surface area contributed by atoms with Gasteiger partial charge in [0.25, 0.3) is 0 Å². The smallest absolute Gasteiger partial charge is 0.169 e. The van der Waals surface area contributed by atoms with E-state index in [0.717, 1.165) is 6.42 Å². The SMILES string of the molecule is CC1=N[C@](C)(c2cc(N)ccc2F)[C@@]2(C)CCC[C@]1(C)S2(=O)=O. The van der Waals surface area contributed by atoms with Gasteiger partial charge in [-0.25, -0.2) is 12.8 Å². The summed E-state index contributed by atoms with van der Waals surface area (Å²) in [4.78, 5) is 4.75. The zero-order valence-corrected chi connectivity index (χ0v) is 14.8. The van der Waals surface area contributed by atoms with Crippen LogP contribution < -0.4 is 5.73 Å². The van der Waals surface area contributed by atoms with Gasteiger partial charge in [0.15, 0.2) is 9.84 Å². The second-order valence-electron chi connectivity index (χ2n) is 7.33. The van der Waals surface area contributed by atoms with E-state index in [0.29, 0.717) is 24.2 Å². The summed E-state index contributed by atoms with van der Waals surface area (Å²) in [5, 5.41) is 0. The van der Waals surface area contributed by atoms with Crippen LogP contribution in [0.2, 0.25) is 0 Å². The predicted molar refractivity (Wildman–Crippen MR) is 90.9 cm³/mol. The summed E-state index contributed by atoms with van der Waals surface area (Å²) in [7, 11) is -3.54. The molecule has 4 nitrogen and oxygen atoms in total. The lowest BCUT2D eigenvalue weighted by molar-refractivity contribution is 0.274. The van der Waals surface area contributed by atoms with Crippen molar-refractivity contribution in [3.05, 3.63) is 29.6 Å². The van der Waals surface area contributed by atoms with Crippen LogP contribution in [-0.2, 0) is 15.4 Å². The fourth-order valence-electron chi connectivity index (χ4n) is 4.24. The fourth-order valence-corrected chi connectivity index (χ4v) is 7.18. The van der Waals surface area contributed by atoms with Gasteiger partial charge in [-0.3, -0.25) is 4.99 Å². The molecule has 3 rings (SSSR count). The molecule has 0 radical (unpaired) electrons. The summed E-state index contributed by atoms with van der Waals surface area (Å²) < 4.78 is 39.2. The van der Waals surface area contributed by atoms with E-state index >= 15 is 0 Å². The van der Waals surface area contributed by atoms with Crippen LogP contribution in [0.15, 0.2) is 23.2 Å². The molecule has 23 heavy (non-hydrogen) atoms. The molecule has 2 bridgehead atoms. The molecule has 3 atom stereocenters. The van der Waals surface area contributed by atoms with Crippen molar-refractivity contribution in [3.63, 3.8) is 0 Å². The van der Waals surface area contributed by atoms with Crippen LogP contribution in [0.25, 0.3) is 0 Å². The topological polar surface area (TPSA) is 72.5 Å². The maximum Gasteiger partial charge on any atom is 0.169 e. The first kappa shape index (κ1) is 16.4. The van der Waals surface area contributed by atoms with Crippen molar-refractivity contribution < 1.29 is 12.8 Å². The standard InChI is InChI=1S/C17H23FN2O2S/c1-11-15(2)8-5-9-16(3,23(15,21)22)17(4,20-11)13-10-12(19)6-7-14(13)18/h6-7,10H,5,8-9,19H2,1-4H3/t15-,16+,17+/m0/s1. The Labute approximate surface area is 136 Å². The number of nitrogens with zero attached hydrogens (tertiary/aromatic N) is 1. The number of hydrogen-bond donors (Lipinski definition) is 1. The lowest BCUT2D eigenvalue weighted by Gasteiger charge is -2.55. The monoisotopic (exact) mass is 338 g/mol.